The molecule has 8 heteroatoms. The molecule has 1 heterocycles. The number of hydrogen-bond donors (Lipinski definition) is 2. The summed E-state index contributed by atoms with van der Waals surface area (Å²) in [7, 11) is 1.29. The molecule has 0 aliphatic carbocycles. The highest BCUT2D eigenvalue weighted by atomic mass is 32.1. The molecule has 0 saturated heterocycles. The summed E-state index contributed by atoms with van der Waals surface area (Å²) in [4.78, 5) is 12.6. The Bertz CT molecular complexity index is 420. The van der Waals surface area contributed by atoms with E-state index in [-0.39, 0.29) is 18.9 Å². The van der Waals surface area contributed by atoms with Gasteiger partial charge in [-0.2, -0.15) is 13.2 Å². The van der Waals surface area contributed by atoms with E-state index in [0.29, 0.717) is 0 Å². The molecule has 0 saturated carbocycles. The Morgan fingerprint density at radius 1 is 1.47 bits per heavy atom. The largest absolute Gasteiger partial charge is 0.469 e. The molecule has 0 bridgehead atoms. The molecule has 4 nitrogen and oxygen atoms in total. The number of halogens is 3. The number of nitrogens with one attached hydrogen (secondary N) is 1. The third-order valence-corrected chi connectivity index (χ3v) is 3.36. The minimum atomic E-state index is -4.61. The lowest BCUT2D eigenvalue weighted by molar-refractivity contribution is -0.201. The Labute approximate surface area is 112 Å². The van der Waals surface area contributed by atoms with Gasteiger partial charge >= 0.3 is 12.1 Å². The van der Waals surface area contributed by atoms with Crippen LogP contribution >= 0.6 is 11.3 Å². The Hall–Kier alpha value is -1.12. The van der Waals surface area contributed by atoms with Gasteiger partial charge in [0.2, 0.25) is 0 Å². The van der Waals surface area contributed by atoms with E-state index in [0.717, 1.165) is 9.75 Å². The number of ether oxygens (including phenoxy) is 1. The molecule has 19 heavy (non-hydrogen) atoms. The molecule has 0 fully saturated rings. The maximum absolute atomic E-state index is 12.0. The number of hydrogen-bond acceptors (Lipinski definition) is 5. The zero-order valence-electron chi connectivity index (χ0n) is 10.2. The monoisotopic (exact) mass is 297 g/mol. The standard InChI is InChI=1S/C11H14F3NO3S/c1-18-10(17)4-7-2-3-8(19-7)5-15-6-9(16)11(12,13)14/h2-3,9,15-16H,4-6H2,1H3. The lowest BCUT2D eigenvalue weighted by atomic mass is 10.3. The van der Waals surface area contributed by atoms with Gasteiger partial charge in [-0.3, -0.25) is 4.79 Å². The maximum atomic E-state index is 12.0. The molecule has 0 aliphatic heterocycles. The summed E-state index contributed by atoms with van der Waals surface area (Å²) < 4.78 is 40.6. The van der Waals surface area contributed by atoms with Crippen LogP contribution in [-0.2, 0) is 22.5 Å². The van der Waals surface area contributed by atoms with Crippen molar-refractivity contribution in [3.8, 4) is 0 Å². The van der Waals surface area contributed by atoms with E-state index in [1.807, 2.05) is 0 Å². The minimum Gasteiger partial charge on any atom is -0.469 e. The molecule has 0 aliphatic rings. The quantitative estimate of drug-likeness (QED) is 0.781. The molecule has 1 aromatic heterocycles. The van der Waals surface area contributed by atoms with Crippen LogP contribution in [0.4, 0.5) is 13.2 Å². The zero-order valence-corrected chi connectivity index (χ0v) is 11.0. The van der Waals surface area contributed by atoms with Crippen LogP contribution in [0.5, 0.6) is 0 Å². The molecule has 0 aromatic carbocycles. The van der Waals surface area contributed by atoms with Crippen LogP contribution in [0.25, 0.3) is 0 Å². The van der Waals surface area contributed by atoms with Crippen LogP contribution in [0, 0.1) is 0 Å². The van der Waals surface area contributed by atoms with Crippen molar-refractivity contribution < 1.29 is 27.8 Å². The van der Waals surface area contributed by atoms with Crippen molar-refractivity contribution in [3.05, 3.63) is 21.9 Å². The number of carbonyl (C=O) groups excluding carboxylic acids is 1. The third-order valence-electron chi connectivity index (χ3n) is 2.28. The molecule has 108 valence electrons. The van der Waals surface area contributed by atoms with Gasteiger partial charge in [-0.1, -0.05) is 0 Å². The topological polar surface area (TPSA) is 58.6 Å². The van der Waals surface area contributed by atoms with Crippen LogP contribution in [0.2, 0.25) is 0 Å². The number of carbonyl (C=O) groups is 1. The molecule has 1 atom stereocenters. The SMILES string of the molecule is COC(=O)Cc1ccc(CNCC(O)C(F)(F)F)s1. The highest BCUT2D eigenvalue weighted by Crippen LogP contribution is 2.20. The van der Waals surface area contributed by atoms with Gasteiger partial charge in [0.05, 0.1) is 13.5 Å². The molecule has 1 rings (SSSR count). The van der Waals surface area contributed by atoms with Crippen LogP contribution in [-0.4, -0.2) is 37.0 Å². The summed E-state index contributed by atoms with van der Waals surface area (Å²) in [5.41, 5.74) is 0. The van der Waals surface area contributed by atoms with Gasteiger partial charge in [0, 0.05) is 22.8 Å². The van der Waals surface area contributed by atoms with E-state index in [1.165, 1.54) is 18.4 Å². The van der Waals surface area contributed by atoms with Gasteiger partial charge in [0.15, 0.2) is 6.10 Å². The Balaban J connectivity index is 2.36. The summed E-state index contributed by atoms with van der Waals surface area (Å²) >= 11 is 1.31. The molecular weight excluding hydrogens is 283 g/mol. The molecule has 0 spiro atoms. The van der Waals surface area contributed by atoms with E-state index in [4.69, 9.17) is 5.11 Å². The first-order valence-corrected chi connectivity index (χ1v) is 6.24. The second kappa shape index (κ2) is 6.88. The molecule has 1 aromatic rings. The molecule has 2 N–H and O–H groups in total. The molecular formula is C11H14F3NO3S. The van der Waals surface area contributed by atoms with Gasteiger partial charge in [-0.05, 0) is 12.1 Å². The average molecular weight is 297 g/mol. The van der Waals surface area contributed by atoms with Gasteiger partial charge in [-0.25, -0.2) is 0 Å². The number of rotatable bonds is 6. The van der Waals surface area contributed by atoms with Crippen LogP contribution < -0.4 is 5.32 Å². The Morgan fingerprint density at radius 2 is 2.11 bits per heavy atom. The lowest BCUT2D eigenvalue weighted by Crippen LogP contribution is -2.38. The van der Waals surface area contributed by atoms with Crippen molar-refractivity contribution in [1.29, 1.82) is 0 Å². The number of thiophene rings is 1. The highest BCUT2D eigenvalue weighted by molar-refractivity contribution is 7.12. The summed E-state index contributed by atoms with van der Waals surface area (Å²) in [6, 6.07) is 3.44. The molecule has 0 amide bonds. The number of methoxy groups -OCH3 is 1. The van der Waals surface area contributed by atoms with Crippen LogP contribution in [0.3, 0.4) is 0 Å². The predicted molar refractivity (Wildman–Crippen MR) is 63.8 cm³/mol. The van der Waals surface area contributed by atoms with E-state index in [2.05, 4.69) is 10.1 Å². The fraction of sp³-hybridized carbons (Fsp3) is 0.545. The van der Waals surface area contributed by atoms with Crippen molar-refractivity contribution >= 4 is 17.3 Å². The van der Waals surface area contributed by atoms with Gasteiger partial charge in [0.25, 0.3) is 0 Å². The maximum Gasteiger partial charge on any atom is 0.415 e. The Kier molecular flexibility index (Phi) is 5.77. The highest BCUT2D eigenvalue weighted by Gasteiger charge is 2.37. The van der Waals surface area contributed by atoms with Gasteiger partial charge in [0.1, 0.15) is 0 Å². The van der Waals surface area contributed by atoms with Crippen LogP contribution in [0.15, 0.2) is 12.1 Å². The van der Waals surface area contributed by atoms with Crippen molar-refractivity contribution in [1.82, 2.24) is 5.32 Å². The fourth-order valence-electron chi connectivity index (χ4n) is 1.27. The van der Waals surface area contributed by atoms with E-state index >= 15 is 0 Å². The summed E-state index contributed by atoms with van der Waals surface area (Å²) in [6.07, 6.45) is -6.84. The number of aliphatic hydroxyl groups excluding tert-OH is 1. The van der Waals surface area contributed by atoms with Crippen molar-refractivity contribution in [2.45, 2.75) is 25.2 Å². The fourth-order valence-corrected chi connectivity index (χ4v) is 2.25. The lowest BCUT2D eigenvalue weighted by Gasteiger charge is -2.14. The van der Waals surface area contributed by atoms with E-state index in [9.17, 15) is 18.0 Å². The van der Waals surface area contributed by atoms with Gasteiger partial charge < -0.3 is 15.2 Å². The normalized spacial score (nSPS) is 13.3. The first kappa shape index (κ1) is 15.9. The smallest absolute Gasteiger partial charge is 0.415 e. The van der Waals surface area contributed by atoms with Crippen molar-refractivity contribution in [2.75, 3.05) is 13.7 Å². The van der Waals surface area contributed by atoms with Crippen LogP contribution in [0.1, 0.15) is 9.75 Å². The zero-order chi connectivity index (χ0) is 14.5. The minimum absolute atomic E-state index is 0.145. The van der Waals surface area contributed by atoms with E-state index in [1.54, 1.807) is 12.1 Å². The first-order valence-electron chi connectivity index (χ1n) is 5.43. The molecule has 0 radical (unpaired) electrons. The number of aliphatic hydroxyl groups is 1. The second-order valence-electron chi connectivity index (χ2n) is 3.81. The predicted octanol–water partition coefficient (Wildman–Crippen LogP) is 1.48. The second-order valence-corrected chi connectivity index (χ2v) is 5.06. The molecule has 1 unspecified atom stereocenters. The van der Waals surface area contributed by atoms with E-state index < -0.39 is 18.8 Å². The third kappa shape index (κ3) is 5.58. The summed E-state index contributed by atoms with van der Waals surface area (Å²) in [5.74, 6) is -0.367. The summed E-state index contributed by atoms with van der Waals surface area (Å²) in [6.45, 7) is -0.354. The number of esters is 1. The summed E-state index contributed by atoms with van der Waals surface area (Å²) in [5, 5.41) is 11.3. The van der Waals surface area contributed by atoms with Gasteiger partial charge in [-0.15, -0.1) is 11.3 Å². The van der Waals surface area contributed by atoms with Crippen molar-refractivity contribution in [2.24, 2.45) is 0 Å². The van der Waals surface area contributed by atoms with Crippen molar-refractivity contribution in [3.63, 3.8) is 0 Å². The average Bonchev–Trinajstić information content (AvgIpc) is 2.75. The Morgan fingerprint density at radius 3 is 2.68 bits per heavy atom. The first-order chi connectivity index (χ1) is 8.82. The number of alkyl halides is 3.